The van der Waals surface area contributed by atoms with E-state index in [-0.39, 0.29) is 12.5 Å². The second-order valence-electron chi connectivity index (χ2n) is 8.89. The Labute approximate surface area is 215 Å². The number of anilines is 4. The highest BCUT2D eigenvalue weighted by molar-refractivity contribution is 6.32. The van der Waals surface area contributed by atoms with Crippen LogP contribution in [0, 0.1) is 6.92 Å². The standard InChI is InChI=1S/C26H30ClFN6O2/c1-16-11-18(25(35)34(3)10-8-28)5-6-21(16)30-24-20(27)14-29-26(32-24)31-22-12-19-15-33(2)9-7-17(19)13-23(22)36-4/h5-6,11-14H,7-10,15H2,1-4H3,(H2,29,30,31,32). The smallest absolute Gasteiger partial charge is 0.253 e. The summed E-state index contributed by atoms with van der Waals surface area (Å²) in [5.74, 6) is 1.27. The zero-order chi connectivity index (χ0) is 25.8. The van der Waals surface area contributed by atoms with Crippen molar-refractivity contribution in [3.63, 3.8) is 0 Å². The van der Waals surface area contributed by atoms with Crippen LogP contribution < -0.4 is 15.4 Å². The first-order valence-electron chi connectivity index (χ1n) is 11.7. The van der Waals surface area contributed by atoms with Gasteiger partial charge in [0.1, 0.15) is 17.4 Å². The van der Waals surface area contributed by atoms with Gasteiger partial charge in [-0.05, 0) is 67.4 Å². The summed E-state index contributed by atoms with van der Waals surface area (Å²) < 4.78 is 18.2. The van der Waals surface area contributed by atoms with Gasteiger partial charge < -0.3 is 25.2 Å². The Morgan fingerprint density at radius 2 is 2.03 bits per heavy atom. The molecule has 0 aliphatic carbocycles. The van der Waals surface area contributed by atoms with Crippen LogP contribution in [0.25, 0.3) is 0 Å². The van der Waals surface area contributed by atoms with Crippen molar-refractivity contribution in [2.45, 2.75) is 19.9 Å². The maximum atomic E-state index is 12.6. The highest BCUT2D eigenvalue weighted by Gasteiger charge is 2.18. The van der Waals surface area contributed by atoms with Crippen LogP contribution in [-0.2, 0) is 13.0 Å². The van der Waals surface area contributed by atoms with Gasteiger partial charge in [0.2, 0.25) is 5.95 Å². The highest BCUT2D eigenvalue weighted by Crippen LogP contribution is 2.34. The Bertz CT molecular complexity index is 1270. The lowest BCUT2D eigenvalue weighted by atomic mass is 9.99. The predicted molar refractivity (Wildman–Crippen MR) is 141 cm³/mol. The van der Waals surface area contributed by atoms with E-state index in [1.54, 1.807) is 32.4 Å². The summed E-state index contributed by atoms with van der Waals surface area (Å²) in [5.41, 5.74) is 5.33. The van der Waals surface area contributed by atoms with Crippen LogP contribution in [0.15, 0.2) is 36.5 Å². The van der Waals surface area contributed by atoms with Crippen LogP contribution in [0.5, 0.6) is 5.75 Å². The maximum absolute atomic E-state index is 12.6. The Kier molecular flexibility index (Phi) is 7.91. The second-order valence-corrected chi connectivity index (χ2v) is 9.30. The van der Waals surface area contributed by atoms with Crippen LogP contribution >= 0.6 is 11.6 Å². The molecule has 0 saturated heterocycles. The van der Waals surface area contributed by atoms with E-state index in [0.717, 1.165) is 42.2 Å². The molecule has 0 atom stereocenters. The van der Waals surface area contributed by atoms with Crippen molar-refractivity contribution in [2.24, 2.45) is 0 Å². The molecule has 1 amide bonds. The minimum atomic E-state index is -0.585. The minimum absolute atomic E-state index is 0.0515. The number of nitrogens with zero attached hydrogens (tertiary/aromatic N) is 4. The van der Waals surface area contributed by atoms with Gasteiger partial charge >= 0.3 is 0 Å². The van der Waals surface area contributed by atoms with Crippen LogP contribution in [0.2, 0.25) is 5.02 Å². The average Bonchev–Trinajstić information content (AvgIpc) is 2.86. The minimum Gasteiger partial charge on any atom is -0.495 e. The topological polar surface area (TPSA) is 82.6 Å². The second kappa shape index (κ2) is 11.1. The zero-order valence-electron chi connectivity index (χ0n) is 20.9. The first-order chi connectivity index (χ1) is 17.3. The summed E-state index contributed by atoms with van der Waals surface area (Å²) in [4.78, 5) is 25.0. The summed E-state index contributed by atoms with van der Waals surface area (Å²) in [6.07, 6.45) is 2.50. The Balaban J connectivity index is 1.56. The molecule has 1 aliphatic heterocycles. The number of aromatic nitrogens is 2. The van der Waals surface area contributed by atoms with Gasteiger partial charge in [-0.3, -0.25) is 4.79 Å². The number of alkyl halides is 1. The number of likely N-dealkylation sites (N-methyl/N-ethyl adjacent to an activating group) is 1. The predicted octanol–water partition coefficient (Wildman–Crippen LogP) is 4.96. The number of benzene rings is 2. The fourth-order valence-corrected chi connectivity index (χ4v) is 4.28. The van der Waals surface area contributed by atoms with E-state index in [0.29, 0.717) is 22.4 Å². The lowest BCUT2D eigenvalue weighted by Gasteiger charge is -2.26. The molecule has 0 saturated carbocycles. The van der Waals surface area contributed by atoms with E-state index >= 15 is 0 Å². The van der Waals surface area contributed by atoms with Crippen molar-refractivity contribution in [1.29, 1.82) is 0 Å². The van der Waals surface area contributed by atoms with Gasteiger partial charge in [0.15, 0.2) is 5.82 Å². The van der Waals surface area contributed by atoms with Gasteiger partial charge in [-0.2, -0.15) is 4.98 Å². The van der Waals surface area contributed by atoms with Crippen LogP contribution in [-0.4, -0.2) is 66.6 Å². The fraction of sp³-hybridized carbons (Fsp3) is 0.346. The molecule has 2 N–H and O–H groups in total. The Morgan fingerprint density at radius 3 is 2.75 bits per heavy atom. The first kappa shape index (κ1) is 25.7. The lowest BCUT2D eigenvalue weighted by molar-refractivity contribution is 0.0786. The molecule has 2 heterocycles. The van der Waals surface area contributed by atoms with Gasteiger partial charge in [-0.1, -0.05) is 11.6 Å². The molecule has 4 rings (SSSR count). The molecule has 10 heteroatoms. The van der Waals surface area contributed by atoms with E-state index in [1.165, 1.54) is 22.2 Å². The molecular formula is C26H30ClFN6O2. The molecular weight excluding hydrogens is 483 g/mol. The van der Waals surface area contributed by atoms with Crippen LogP contribution in [0.4, 0.5) is 27.5 Å². The molecule has 0 fully saturated rings. The molecule has 0 radical (unpaired) electrons. The number of halogens is 2. The molecule has 190 valence electrons. The first-order valence-corrected chi connectivity index (χ1v) is 12.0. The molecule has 3 aromatic rings. The summed E-state index contributed by atoms with van der Waals surface area (Å²) in [6.45, 7) is 3.22. The van der Waals surface area contributed by atoms with Gasteiger partial charge in [0.25, 0.3) is 5.91 Å². The summed E-state index contributed by atoms with van der Waals surface area (Å²) in [7, 11) is 5.33. The number of fused-ring (bicyclic) bond motifs is 1. The number of rotatable bonds is 8. The molecule has 1 aliphatic rings. The number of hydrogen-bond acceptors (Lipinski definition) is 7. The number of amides is 1. The van der Waals surface area contributed by atoms with E-state index < -0.39 is 6.67 Å². The van der Waals surface area contributed by atoms with Crippen LogP contribution in [0.3, 0.4) is 0 Å². The van der Waals surface area contributed by atoms with Crippen molar-refractivity contribution >= 4 is 40.6 Å². The zero-order valence-corrected chi connectivity index (χ0v) is 21.6. The third-order valence-electron chi connectivity index (χ3n) is 6.21. The largest absolute Gasteiger partial charge is 0.495 e. The number of aryl methyl sites for hydroxylation is 1. The van der Waals surface area contributed by atoms with E-state index in [1.807, 2.05) is 6.92 Å². The Morgan fingerprint density at radius 1 is 1.22 bits per heavy atom. The number of hydrogen-bond donors (Lipinski definition) is 2. The van der Waals surface area contributed by atoms with E-state index in [4.69, 9.17) is 16.3 Å². The average molecular weight is 513 g/mol. The van der Waals surface area contributed by atoms with Crippen molar-refractivity contribution in [1.82, 2.24) is 19.8 Å². The summed E-state index contributed by atoms with van der Waals surface area (Å²) >= 11 is 6.39. The Hall–Kier alpha value is -3.43. The number of carbonyl (C=O) groups excluding carboxylic acids is 1. The van der Waals surface area contributed by atoms with Gasteiger partial charge in [-0.25, -0.2) is 9.37 Å². The number of ether oxygens (including phenoxy) is 1. The van der Waals surface area contributed by atoms with E-state index in [9.17, 15) is 9.18 Å². The fourth-order valence-electron chi connectivity index (χ4n) is 4.14. The van der Waals surface area contributed by atoms with Crippen molar-refractivity contribution in [3.8, 4) is 5.75 Å². The number of methoxy groups -OCH3 is 1. The molecule has 0 bridgehead atoms. The van der Waals surface area contributed by atoms with Crippen molar-refractivity contribution in [2.75, 3.05) is 51.6 Å². The van der Waals surface area contributed by atoms with Gasteiger partial charge in [0.05, 0.1) is 19.0 Å². The SMILES string of the molecule is COc1cc2c(cc1Nc1ncc(Cl)c(Nc3ccc(C(=O)N(C)CCF)cc3C)n1)CN(C)CC2. The van der Waals surface area contributed by atoms with Gasteiger partial charge in [0, 0.05) is 37.9 Å². The molecule has 0 spiro atoms. The molecule has 36 heavy (non-hydrogen) atoms. The molecule has 8 nitrogen and oxygen atoms in total. The summed E-state index contributed by atoms with van der Waals surface area (Å²) in [6, 6.07) is 9.37. The van der Waals surface area contributed by atoms with Crippen LogP contribution in [0.1, 0.15) is 27.0 Å². The quantitative estimate of drug-likeness (QED) is 0.441. The number of carbonyl (C=O) groups is 1. The lowest BCUT2D eigenvalue weighted by Crippen LogP contribution is -2.28. The molecule has 2 aromatic carbocycles. The molecule has 1 aromatic heterocycles. The third-order valence-corrected chi connectivity index (χ3v) is 6.49. The highest BCUT2D eigenvalue weighted by atomic mass is 35.5. The van der Waals surface area contributed by atoms with Crippen molar-refractivity contribution < 1.29 is 13.9 Å². The summed E-state index contributed by atoms with van der Waals surface area (Å²) in [5, 5.41) is 6.83. The van der Waals surface area contributed by atoms with Crippen molar-refractivity contribution in [3.05, 3.63) is 63.8 Å². The maximum Gasteiger partial charge on any atom is 0.253 e. The monoisotopic (exact) mass is 512 g/mol. The molecule has 0 unspecified atom stereocenters. The van der Waals surface area contributed by atoms with E-state index in [2.05, 4.69) is 44.7 Å². The third kappa shape index (κ3) is 5.68. The van der Waals surface area contributed by atoms with Gasteiger partial charge in [-0.15, -0.1) is 0 Å². The number of nitrogens with one attached hydrogen (secondary N) is 2. The normalized spacial score (nSPS) is 13.2.